The number of aromatic nitrogens is 3. The zero-order valence-electron chi connectivity index (χ0n) is 15.5. The predicted octanol–water partition coefficient (Wildman–Crippen LogP) is 5.06. The molecule has 7 nitrogen and oxygen atoms in total. The molecule has 1 unspecified atom stereocenters. The van der Waals surface area contributed by atoms with E-state index < -0.39 is 6.04 Å². The minimum absolute atomic E-state index is 0.00898. The highest BCUT2D eigenvalue weighted by atomic mass is 32.1. The van der Waals surface area contributed by atoms with Gasteiger partial charge in [0.2, 0.25) is 0 Å². The first-order valence-corrected chi connectivity index (χ1v) is 9.78. The highest BCUT2D eigenvalue weighted by Gasteiger charge is 2.24. The van der Waals surface area contributed by atoms with Gasteiger partial charge in [0.25, 0.3) is 5.56 Å². The number of hydrogen-bond acceptors (Lipinski definition) is 5. The second kappa shape index (κ2) is 7.42. The van der Waals surface area contributed by atoms with Crippen molar-refractivity contribution in [3.63, 3.8) is 0 Å². The van der Waals surface area contributed by atoms with Crippen LogP contribution in [0.5, 0.6) is 0 Å². The van der Waals surface area contributed by atoms with Gasteiger partial charge in [0.05, 0.1) is 18.1 Å². The second-order valence-electron chi connectivity index (χ2n) is 6.88. The monoisotopic (exact) mass is 390 g/mol. The average molecular weight is 390 g/mol. The van der Waals surface area contributed by atoms with E-state index in [1.165, 1.54) is 11.3 Å². The summed E-state index contributed by atoms with van der Waals surface area (Å²) in [7, 11) is 0. The maximum absolute atomic E-state index is 13.4. The third kappa shape index (κ3) is 3.13. The molecule has 0 bridgehead atoms. The molecule has 4 aromatic rings. The Kier molecular flexibility index (Phi) is 4.81. The van der Waals surface area contributed by atoms with Gasteiger partial charge in [-0.25, -0.2) is 9.97 Å². The third-order valence-corrected chi connectivity index (χ3v) is 5.73. The molecule has 4 rings (SSSR count). The summed E-state index contributed by atoms with van der Waals surface area (Å²) in [5.74, 6) is 0.475. The van der Waals surface area contributed by atoms with Crippen molar-refractivity contribution in [1.82, 2.24) is 14.5 Å². The molecule has 3 heterocycles. The molecule has 0 saturated heterocycles. The van der Waals surface area contributed by atoms with Crippen molar-refractivity contribution >= 4 is 31.8 Å². The van der Waals surface area contributed by atoms with E-state index in [4.69, 9.17) is 10.5 Å². The first-order valence-electron chi connectivity index (χ1n) is 8.96. The lowest BCUT2D eigenvalue weighted by atomic mass is 10.0. The molecule has 0 amide bonds. The second-order valence-corrected chi connectivity index (χ2v) is 7.88. The number of benzene rings is 1. The SMILES string of the molecule is CC(C)C(N=[N+]=[N-])c1nc2c(sc3ncccc32)c(=O)n1Cc1ccccc1. The van der Waals surface area contributed by atoms with Crippen LogP contribution in [0.15, 0.2) is 58.6 Å². The number of hydrogen-bond donors (Lipinski definition) is 0. The first-order chi connectivity index (χ1) is 13.6. The van der Waals surface area contributed by atoms with Crippen molar-refractivity contribution in [2.24, 2.45) is 11.0 Å². The summed E-state index contributed by atoms with van der Waals surface area (Å²) in [4.78, 5) is 26.4. The number of azide groups is 1. The van der Waals surface area contributed by atoms with Gasteiger partial charge in [0.15, 0.2) is 0 Å². The van der Waals surface area contributed by atoms with Gasteiger partial charge >= 0.3 is 0 Å². The van der Waals surface area contributed by atoms with Crippen molar-refractivity contribution in [2.75, 3.05) is 0 Å². The lowest BCUT2D eigenvalue weighted by molar-refractivity contribution is 0.462. The predicted molar refractivity (Wildman–Crippen MR) is 111 cm³/mol. The normalized spacial score (nSPS) is 12.4. The summed E-state index contributed by atoms with van der Waals surface area (Å²) in [6.07, 6.45) is 1.71. The standard InChI is InChI=1S/C20H18N6OS/c1-12(2)15(24-25-21)18-23-16-14-9-6-10-22-19(14)28-17(16)20(27)26(18)11-13-7-4-3-5-8-13/h3-10,12,15H,11H2,1-2H3. The van der Waals surface area contributed by atoms with Gasteiger partial charge in [-0.1, -0.05) is 49.3 Å². The maximum atomic E-state index is 13.4. The first kappa shape index (κ1) is 18.2. The molecule has 1 aromatic carbocycles. The van der Waals surface area contributed by atoms with Gasteiger partial charge in [-0.3, -0.25) is 9.36 Å². The molecule has 0 N–H and O–H groups in total. The van der Waals surface area contributed by atoms with Crippen LogP contribution >= 0.6 is 11.3 Å². The van der Waals surface area contributed by atoms with Crippen molar-refractivity contribution < 1.29 is 0 Å². The molecule has 0 aliphatic carbocycles. The van der Waals surface area contributed by atoms with Crippen LogP contribution in [0.4, 0.5) is 0 Å². The summed E-state index contributed by atoms with van der Waals surface area (Å²) in [6, 6.07) is 12.9. The van der Waals surface area contributed by atoms with Crippen LogP contribution in [0, 0.1) is 5.92 Å². The van der Waals surface area contributed by atoms with Crippen LogP contribution in [0.25, 0.3) is 30.9 Å². The van der Waals surface area contributed by atoms with Gasteiger partial charge in [0, 0.05) is 16.5 Å². The molecule has 140 valence electrons. The van der Waals surface area contributed by atoms with E-state index in [-0.39, 0.29) is 11.5 Å². The molecular weight excluding hydrogens is 372 g/mol. The smallest absolute Gasteiger partial charge is 0.271 e. The van der Waals surface area contributed by atoms with Crippen LogP contribution in [-0.2, 0) is 6.54 Å². The highest BCUT2D eigenvalue weighted by Crippen LogP contribution is 2.32. The Balaban J connectivity index is 2.04. The lowest BCUT2D eigenvalue weighted by Gasteiger charge is -2.20. The molecule has 1 atom stereocenters. The Morgan fingerprint density at radius 1 is 1.21 bits per heavy atom. The zero-order valence-corrected chi connectivity index (χ0v) is 16.3. The molecule has 0 spiro atoms. The fourth-order valence-electron chi connectivity index (χ4n) is 3.26. The number of rotatable bonds is 5. The largest absolute Gasteiger partial charge is 0.291 e. The summed E-state index contributed by atoms with van der Waals surface area (Å²) in [6.45, 7) is 4.27. The van der Waals surface area contributed by atoms with Crippen LogP contribution in [-0.4, -0.2) is 14.5 Å². The molecule has 0 saturated carbocycles. The minimum atomic E-state index is -0.544. The fourth-order valence-corrected chi connectivity index (χ4v) is 4.29. The molecule has 3 aromatic heterocycles. The van der Waals surface area contributed by atoms with Gasteiger partial charge in [-0.15, -0.1) is 11.3 Å². The zero-order chi connectivity index (χ0) is 19.7. The van der Waals surface area contributed by atoms with Crippen LogP contribution < -0.4 is 5.56 Å². The van der Waals surface area contributed by atoms with E-state index in [0.717, 1.165) is 15.8 Å². The Bertz CT molecular complexity index is 1250. The van der Waals surface area contributed by atoms with Gasteiger partial charge in [-0.2, -0.15) is 0 Å². The molecule has 8 heteroatoms. The Labute approximate surface area is 164 Å². The van der Waals surface area contributed by atoms with E-state index >= 15 is 0 Å². The van der Waals surface area contributed by atoms with Crippen molar-refractivity contribution in [1.29, 1.82) is 0 Å². The molecule has 28 heavy (non-hydrogen) atoms. The number of thiophene rings is 1. The van der Waals surface area contributed by atoms with Crippen LogP contribution in [0.3, 0.4) is 0 Å². The van der Waals surface area contributed by atoms with Crippen LogP contribution in [0.2, 0.25) is 0 Å². The number of pyridine rings is 1. The van der Waals surface area contributed by atoms with E-state index in [1.54, 1.807) is 10.8 Å². The quantitative estimate of drug-likeness (QED) is 0.270. The molecule has 0 aliphatic rings. The van der Waals surface area contributed by atoms with Gasteiger partial charge < -0.3 is 0 Å². The lowest BCUT2D eigenvalue weighted by Crippen LogP contribution is -2.28. The minimum Gasteiger partial charge on any atom is -0.291 e. The molecule has 0 aliphatic heterocycles. The Morgan fingerprint density at radius 3 is 2.71 bits per heavy atom. The summed E-state index contributed by atoms with van der Waals surface area (Å²) in [5, 5.41) is 4.80. The highest BCUT2D eigenvalue weighted by molar-refractivity contribution is 7.25. The summed E-state index contributed by atoms with van der Waals surface area (Å²) in [5.41, 5.74) is 10.5. The van der Waals surface area contributed by atoms with Gasteiger partial charge in [0.1, 0.15) is 15.4 Å². The average Bonchev–Trinajstić information content (AvgIpc) is 3.08. The maximum Gasteiger partial charge on any atom is 0.271 e. The van der Waals surface area contributed by atoms with Crippen molar-refractivity contribution in [2.45, 2.75) is 26.4 Å². The van der Waals surface area contributed by atoms with Gasteiger partial charge in [-0.05, 0) is 29.1 Å². The molecule has 0 fully saturated rings. The van der Waals surface area contributed by atoms with Crippen molar-refractivity contribution in [3.05, 3.63) is 80.8 Å². The topological polar surface area (TPSA) is 96.5 Å². The van der Waals surface area contributed by atoms with E-state index in [9.17, 15) is 4.79 Å². The molecule has 0 radical (unpaired) electrons. The molecular formula is C20H18N6OS. The number of nitrogens with zero attached hydrogens (tertiary/aromatic N) is 6. The van der Waals surface area contributed by atoms with Crippen molar-refractivity contribution in [3.8, 4) is 0 Å². The van der Waals surface area contributed by atoms with Crippen LogP contribution in [0.1, 0.15) is 31.3 Å². The Hall–Kier alpha value is -3.22. The number of fused-ring (bicyclic) bond motifs is 3. The van der Waals surface area contributed by atoms with E-state index in [1.807, 2.05) is 56.3 Å². The van der Waals surface area contributed by atoms with E-state index in [2.05, 4.69) is 15.0 Å². The fraction of sp³-hybridized carbons (Fsp3) is 0.250. The summed E-state index contributed by atoms with van der Waals surface area (Å²) >= 11 is 1.34. The summed E-state index contributed by atoms with van der Waals surface area (Å²) < 4.78 is 2.20. The third-order valence-electron chi connectivity index (χ3n) is 4.64. The Morgan fingerprint density at radius 2 is 2.00 bits per heavy atom. The van der Waals surface area contributed by atoms with E-state index in [0.29, 0.717) is 22.6 Å².